The molecule has 4 nitrogen and oxygen atoms in total. The predicted octanol–water partition coefficient (Wildman–Crippen LogP) is 2.46. The lowest BCUT2D eigenvalue weighted by atomic mass is 9.98. The fraction of sp³-hybridized carbons (Fsp3) is 0.529. The molecule has 5 heteroatoms. The molecule has 2 fully saturated rings. The van der Waals surface area contributed by atoms with Crippen LogP contribution in [0, 0.1) is 5.92 Å². The third-order valence-electron chi connectivity index (χ3n) is 4.54. The van der Waals surface area contributed by atoms with E-state index in [0.717, 1.165) is 25.9 Å². The summed E-state index contributed by atoms with van der Waals surface area (Å²) in [7, 11) is 0. The number of hydrogen-bond acceptors (Lipinski definition) is 3. The van der Waals surface area contributed by atoms with Gasteiger partial charge in [-0.15, -0.1) is 11.8 Å². The SMILES string of the molecule is CC1CCN(C(=O)C2CSCN2C(=O)c2ccccc2)CC1. The van der Waals surface area contributed by atoms with E-state index >= 15 is 0 Å². The molecule has 2 aliphatic rings. The Kier molecular flexibility index (Phi) is 4.71. The van der Waals surface area contributed by atoms with Crippen LogP contribution in [0.15, 0.2) is 30.3 Å². The Bertz CT molecular complexity index is 541. The van der Waals surface area contributed by atoms with E-state index in [1.54, 1.807) is 16.7 Å². The molecule has 0 N–H and O–H groups in total. The van der Waals surface area contributed by atoms with Gasteiger partial charge >= 0.3 is 0 Å². The van der Waals surface area contributed by atoms with Gasteiger partial charge in [0, 0.05) is 24.4 Å². The van der Waals surface area contributed by atoms with Crippen molar-refractivity contribution < 1.29 is 9.59 Å². The second-order valence-corrected chi connectivity index (χ2v) is 7.16. The van der Waals surface area contributed by atoms with Gasteiger partial charge in [-0.1, -0.05) is 25.1 Å². The van der Waals surface area contributed by atoms with Crippen molar-refractivity contribution in [2.24, 2.45) is 5.92 Å². The number of amides is 2. The number of carbonyl (C=O) groups excluding carboxylic acids is 2. The predicted molar refractivity (Wildman–Crippen MR) is 88.7 cm³/mol. The summed E-state index contributed by atoms with van der Waals surface area (Å²) in [6, 6.07) is 8.95. The van der Waals surface area contributed by atoms with Crippen LogP contribution in [0.5, 0.6) is 0 Å². The number of piperidine rings is 1. The average molecular weight is 318 g/mol. The summed E-state index contributed by atoms with van der Waals surface area (Å²) in [5, 5.41) is 0. The monoisotopic (exact) mass is 318 g/mol. The highest BCUT2D eigenvalue weighted by molar-refractivity contribution is 7.99. The maximum atomic E-state index is 12.8. The molecule has 2 aliphatic heterocycles. The lowest BCUT2D eigenvalue weighted by Gasteiger charge is -2.34. The smallest absolute Gasteiger partial charge is 0.255 e. The minimum absolute atomic E-state index is 0.0330. The molecule has 0 aliphatic carbocycles. The molecule has 1 aromatic rings. The summed E-state index contributed by atoms with van der Waals surface area (Å²) < 4.78 is 0. The van der Waals surface area contributed by atoms with Crippen molar-refractivity contribution in [3.63, 3.8) is 0 Å². The molecule has 22 heavy (non-hydrogen) atoms. The fourth-order valence-corrected chi connectivity index (χ4v) is 4.18. The maximum Gasteiger partial charge on any atom is 0.255 e. The highest BCUT2D eigenvalue weighted by atomic mass is 32.2. The van der Waals surface area contributed by atoms with Crippen molar-refractivity contribution in [2.45, 2.75) is 25.8 Å². The van der Waals surface area contributed by atoms with E-state index in [0.29, 0.717) is 23.1 Å². The Morgan fingerprint density at radius 1 is 1.14 bits per heavy atom. The van der Waals surface area contributed by atoms with Gasteiger partial charge in [0.1, 0.15) is 6.04 Å². The van der Waals surface area contributed by atoms with Gasteiger partial charge in [-0.05, 0) is 30.9 Å². The maximum absolute atomic E-state index is 12.8. The summed E-state index contributed by atoms with van der Waals surface area (Å²) in [4.78, 5) is 29.1. The number of thioether (sulfide) groups is 1. The van der Waals surface area contributed by atoms with Crippen LogP contribution in [0.3, 0.4) is 0 Å². The van der Waals surface area contributed by atoms with Gasteiger partial charge in [0.15, 0.2) is 0 Å². The number of hydrogen-bond donors (Lipinski definition) is 0. The standard InChI is InChI=1S/C17H22N2O2S/c1-13-7-9-18(10-8-13)17(21)15-11-22-12-19(15)16(20)14-5-3-2-4-6-14/h2-6,13,15H,7-12H2,1H3. The van der Waals surface area contributed by atoms with Crippen LogP contribution in [0.25, 0.3) is 0 Å². The van der Waals surface area contributed by atoms with E-state index in [1.807, 2.05) is 35.2 Å². The second kappa shape index (κ2) is 6.73. The molecular weight excluding hydrogens is 296 g/mol. The first-order chi connectivity index (χ1) is 10.7. The number of likely N-dealkylation sites (tertiary alicyclic amines) is 1. The van der Waals surface area contributed by atoms with E-state index in [1.165, 1.54) is 0 Å². The van der Waals surface area contributed by atoms with E-state index in [9.17, 15) is 9.59 Å². The summed E-state index contributed by atoms with van der Waals surface area (Å²) in [5.74, 6) is 2.11. The Labute approximate surface area is 135 Å². The molecule has 3 rings (SSSR count). The topological polar surface area (TPSA) is 40.6 Å². The second-order valence-electron chi connectivity index (χ2n) is 6.16. The van der Waals surface area contributed by atoms with Crippen molar-refractivity contribution in [1.82, 2.24) is 9.80 Å². The van der Waals surface area contributed by atoms with Crippen LogP contribution in [0.2, 0.25) is 0 Å². The van der Waals surface area contributed by atoms with Gasteiger partial charge in [0.05, 0.1) is 5.88 Å². The third-order valence-corrected chi connectivity index (χ3v) is 5.56. The molecule has 2 heterocycles. The lowest BCUT2D eigenvalue weighted by Crippen LogP contribution is -2.50. The molecule has 2 amide bonds. The van der Waals surface area contributed by atoms with Crippen LogP contribution in [0.1, 0.15) is 30.1 Å². The average Bonchev–Trinajstić information content (AvgIpc) is 3.04. The number of rotatable bonds is 2. The molecule has 1 aromatic carbocycles. The van der Waals surface area contributed by atoms with Crippen LogP contribution >= 0.6 is 11.8 Å². The number of nitrogens with zero attached hydrogens (tertiary/aromatic N) is 2. The van der Waals surface area contributed by atoms with Gasteiger partial charge in [0.2, 0.25) is 5.91 Å². The number of carbonyl (C=O) groups is 2. The zero-order chi connectivity index (χ0) is 15.5. The van der Waals surface area contributed by atoms with Crippen molar-refractivity contribution in [1.29, 1.82) is 0 Å². The first-order valence-corrected chi connectivity index (χ1v) is 9.05. The molecule has 1 atom stereocenters. The Hall–Kier alpha value is -1.49. The molecule has 0 spiro atoms. The molecule has 0 radical (unpaired) electrons. The first-order valence-electron chi connectivity index (χ1n) is 7.89. The Balaban J connectivity index is 1.70. The zero-order valence-electron chi connectivity index (χ0n) is 12.9. The zero-order valence-corrected chi connectivity index (χ0v) is 13.7. The van der Waals surface area contributed by atoms with Crippen molar-refractivity contribution >= 4 is 23.6 Å². The van der Waals surface area contributed by atoms with Crippen molar-refractivity contribution in [2.75, 3.05) is 24.7 Å². The summed E-state index contributed by atoms with van der Waals surface area (Å²) in [6.07, 6.45) is 2.14. The largest absolute Gasteiger partial charge is 0.341 e. The Morgan fingerprint density at radius 2 is 1.82 bits per heavy atom. The van der Waals surface area contributed by atoms with Gasteiger partial charge < -0.3 is 9.80 Å². The van der Waals surface area contributed by atoms with Gasteiger partial charge in [-0.3, -0.25) is 9.59 Å². The molecule has 118 valence electrons. The summed E-state index contributed by atoms with van der Waals surface area (Å²) in [6.45, 7) is 3.89. The van der Waals surface area contributed by atoms with Crippen LogP contribution in [-0.2, 0) is 4.79 Å². The molecule has 1 unspecified atom stereocenters. The molecule has 0 bridgehead atoms. The van der Waals surface area contributed by atoms with Crippen LogP contribution < -0.4 is 0 Å². The van der Waals surface area contributed by atoms with E-state index in [2.05, 4.69) is 6.92 Å². The minimum atomic E-state index is -0.300. The summed E-state index contributed by atoms with van der Waals surface area (Å²) in [5.41, 5.74) is 0.662. The fourth-order valence-electron chi connectivity index (χ4n) is 3.03. The van der Waals surface area contributed by atoms with E-state index in [4.69, 9.17) is 0 Å². The highest BCUT2D eigenvalue weighted by Gasteiger charge is 2.37. The quantitative estimate of drug-likeness (QED) is 0.841. The van der Waals surface area contributed by atoms with E-state index < -0.39 is 0 Å². The molecule has 0 aromatic heterocycles. The lowest BCUT2D eigenvalue weighted by molar-refractivity contribution is -0.136. The molecule has 0 saturated carbocycles. The molecular formula is C17H22N2O2S. The van der Waals surface area contributed by atoms with Gasteiger partial charge in [-0.25, -0.2) is 0 Å². The highest BCUT2D eigenvalue weighted by Crippen LogP contribution is 2.26. The minimum Gasteiger partial charge on any atom is -0.341 e. The number of benzene rings is 1. The first kappa shape index (κ1) is 15.4. The van der Waals surface area contributed by atoms with Gasteiger partial charge in [-0.2, -0.15) is 0 Å². The third kappa shape index (κ3) is 3.14. The van der Waals surface area contributed by atoms with Gasteiger partial charge in [0.25, 0.3) is 5.91 Å². The van der Waals surface area contributed by atoms with Crippen LogP contribution in [0.4, 0.5) is 0 Å². The van der Waals surface area contributed by atoms with E-state index in [-0.39, 0.29) is 17.9 Å². The normalized spacial score (nSPS) is 22.9. The summed E-state index contributed by atoms with van der Waals surface area (Å²) >= 11 is 1.66. The van der Waals surface area contributed by atoms with Crippen LogP contribution in [-0.4, -0.2) is 52.4 Å². The van der Waals surface area contributed by atoms with Crippen molar-refractivity contribution in [3.05, 3.63) is 35.9 Å². The Morgan fingerprint density at radius 3 is 2.50 bits per heavy atom. The van der Waals surface area contributed by atoms with Crippen molar-refractivity contribution in [3.8, 4) is 0 Å². The molecule has 2 saturated heterocycles.